The number of H-pyrrole nitrogens is 1. The van der Waals surface area contributed by atoms with Crippen LogP contribution in [0.1, 0.15) is 106 Å². The van der Waals surface area contributed by atoms with E-state index < -0.39 is 35.5 Å². The lowest BCUT2D eigenvalue weighted by Crippen LogP contribution is -2.65. The molecule has 2 unspecified atom stereocenters. The monoisotopic (exact) mass is 761 g/mol. The summed E-state index contributed by atoms with van der Waals surface area (Å²) in [5, 5.41) is 14.5. The first-order valence-corrected chi connectivity index (χ1v) is 19.2. The van der Waals surface area contributed by atoms with E-state index in [1.807, 2.05) is 90.9 Å². The molecule has 13 nitrogen and oxygen atoms in total. The summed E-state index contributed by atoms with van der Waals surface area (Å²) >= 11 is 6.67. The van der Waals surface area contributed by atoms with Crippen molar-refractivity contribution in [2.45, 2.75) is 105 Å². The molecular formula is C40H52ClN7O6. The predicted octanol–water partition coefficient (Wildman–Crippen LogP) is 6.58. The lowest BCUT2D eigenvalue weighted by molar-refractivity contribution is -0.136. The number of aryl methyl sites for hydroxylation is 2. The number of carbonyl (C=O) groups excluding carboxylic acids is 4. The fourth-order valence-electron chi connectivity index (χ4n) is 6.97. The molecule has 5 rings (SSSR count). The van der Waals surface area contributed by atoms with Crippen LogP contribution in [-0.4, -0.2) is 68.5 Å². The van der Waals surface area contributed by atoms with Crippen LogP contribution in [0.5, 0.6) is 0 Å². The van der Waals surface area contributed by atoms with Crippen LogP contribution in [0.3, 0.4) is 0 Å². The minimum Gasteiger partial charge on any atom is -0.445 e. The number of fused-ring (bicyclic) bond motifs is 3. The zero-order chi connectivity index (χ0) is 39.2. The van der Waals surface area contributed by atoms with Gasteiger partial charge in [0.25, 0.3) is 11.7 Å². The van der Waals surface area contributed by atoms with E-state index in [1.54, 1.807) is 4.90 Å². The second-order valence-electron chi connectivity index (χ2n) is 14.3. The van der Waals surface area contributed by atoms with Crippen molar-refractivity contribution in [3.05, 3.63) is 81.6 Å². The van der Waals surface area contributed by atoms with Gasteiger partial charge in [-0.05, 0) is 74.3 Å². The number of hydrogen-bond acceptors (Lipinski definition) is 8. The summed E-state index contributed by atoms with van der Waals surface area (Å²) in [6.07, 6.45) is 1.30. The number of nitrogens with one attached hydrogen (secondary N) is 4. The minimum absolute atomic E-state index is 0.0358. The topological polar surface area (TPSA) is 172 Å². The van der Waals surface area contributed by atoms with E-state index >= 15 is 0 Å². The molecule has 1 aliphatic rings. The number of hydrogen-bond donors (Lipinski definition) is 4. The Morgan fingerprint density at radius 1 is 1.02 bits per heavy atom. The van der Waals surface area contributed by atoms with Gasteiger partial charge in [-0.2, -0.15) is 4.98 Å². The summed E-state index contributed by atoms with van der Waals surface area (Å²) in [6, 6.07) is 11.4. The molecule has 0 bridgehead atoms. The van der Waals surface area contributed by atoms with Gasteiger partial charge in [-0.15, -0.1) is 0 Å². The molecule has 2 aromatic heterocycles. The van der Waals surface area contributed by atoms with Crippen molar-refractivity contribution < 1.29 is 28.4 Å². The van der Waals surface area contributed by atoms with Gasteiger partial charge in [0.2, 0.25) is 17.7 Å². The van der Waals surface area contributed by atoms with Gasteiger partial charge in [0.1, 0.15) is 24.2 Å². The molecule has 54 heavy (non-hydrogen) atoms. The number of alkyl carbamates (subject to hydrolysis) is 1. The predicted molar refractivity (Wildman–Crippen MR) is 206 cm³/mol. The number of halogens is 1. The van der Waals surface area contributed by atoms with E-state index in [1.165, 1.54) is 0 Å². The second kappa shape index (κ2) is 17.5. The highest BCUT2D eigenvalue weighted by molar-refractivity contribution is 6.35. The number of ether oxygens (including phenoxy) is 1. The van der Waals surface area contributed by atoms with Crippen LogP contribution < -0.4 is 16.0 Å². The summed E-state index contributed by atoms with van der Waals surface area (Å²) in [7, 11) is 0. The first kappa shape index (κ1) is 40.3. The lowest BCUT2D eigenvalue weighted by Gasteiger charge is -2.39. The van der Waals surface area contributed by atoms with E-state index in [0.29, 0.717) is 37.4 Å². The molecular weight excluding hydrogens is 710 g/mol. The summed E-state index contributed by atoms with van der Waals surface area (Å²) in [5.74, 6) is -1.80. The van der Waals surface area contributed by atoms with Crippen LogP contribution in [0.25, 0.3) is 10.9 Å². The maximum Gasteiger partial charge on any atom is 0.408 e. The molecule has 2 aromatic carbocycles. The molecule has 0 aliphatic heterocycles. The summed E-state index contributed by atoms with van der Waals surface area (Å²) in [4.78, 5) is 65.0. The molecule has 4 N–H and O–H groups in total. The Labute approximate surface area is 321 Å². The van der Waals surface area contributed by atoms with Gasteiger partial charge in [-0.3, -0.25) is 14.4 Å². The van der Waals surface area contributed by atoms with Crippen molar-refractivity contribution >= 4 is 46.3 Å². The number of rotatable bonds is 15. The van der Waals surface area contributed by atoms with Crippen molar-refractivity contribution in [2.24, 2.45) is 11.8 Å². The number of benzene rings is 2. The molecule has 0 radical (unpaired) electrons. The molecule has 0 saturated heterocycles. The Morgan fingerprint density at radius 2 is 1.72 bits per heavy atom. The van der Waals surface area contributed by atoms with Crippen molar-refractivity contribution in [3.63, 3.8) is 0 Å². The third kappa shape index (κ3) is 8.72. The Balaban J connectivity index is 1.49. The number of carbonyl (C=O) groups is 4. The zero-order valence-electron chi connectivity index (χ0n) is 32.2. The average Bonchev–Trinajstić information content (AvgIpc) is 3.80. The summed E-state index contributed by atoms with van der Waals surface area (Å²) < 4.78 is 11.1. The Kier molecular flexibility index (Phi) is 13.0. The molecule has 2 heterocycles. The highest BCUT2D eigenvalue weighted by Crippen LogP contribution is 2.38. The van der Waals surface area contributed by atoms with E-state index in [4.69, 9.17) is 20.9 Å². The number of aromatic amines is 1. The van der Waals surface area contributed by atoms with Crippen LogP contribution in [0.15, 0.2) is 47.0 Å². The number of aromatic nitrogens is 3. The Hall–Kier alpha value is -4.91. The first-order valence-electron chi connectivity index (χ1n) is 18.9. The molecule has 0 saturated carbocycles. The largest absolute Gasteiger partial charge is 0.445 e. The standard InChI is InChI=1S/C40H52ClN7O6/c1-8-24(6)31(44-39(52)53-22-26-15-13-12-14-16-26)35(49)46-40(18-17-30-28(21-40)27-19-23(5)20-29(41)33(27)42-30)38(51)43-32(25(7)9-2)36-45-34(47-54-36)37(50)48(10-3)11-4/h12-16,19-20,24-25,31-32,42H,8-11,17-18,21-22H2,1-7H3,(H,43,51)(H,44,52)(H,46,49)/t24?,25?,31-,32-,40+/m0/s1. The molecule has 14 heteroatoms. The molecule has 4 amide bonds. The van der Waals surface area contributed by atoms with E-state index in [2.05, 4.69) is 31.1 Å². The minimum atomic E-state index is -1.46. The third-order valence-electron chi connectivity index (χ3n) is 10.7. The maximum absolute atomic E-state index is 14.9. The normalized spacial score (nSPS) is 17.5. The fraction of sp³-hybridized carbons (Fsp3) is 0.500. The van der Waals surface area contributed by atoms with Gasteiger partial charge < -0.3 is 35.1 Å². The highest BCUT2D eigenvalue weighted by Gasteiger charge is 2.47. The lowest BCUT2D eigenvalue weighted by atomic mass is 9.78. The molecule has 4 aromatic rings. The van der Waals surface area contributed by atoms with E-state index in [-0.39, 0.29) is 48.9 Å². The molecule has 5 atom stereocenters. The zero-order valence-corrected chi connectivity index (χ0v) is 32.9. The number of amides is 4. The van der Waals surface area contributed by atoms with Gasteiger partial charge in [-0.1, -0.05) is 87.6 Å². The molecule has 0 spiro atoms. The van der Waals surface area contributed by atoms with Crippen molar-refractivity contribution in [1.82, 2.24) is 36.0 Å². The number of nitrogens with zero attached hydrogens (tertiary/aromatic N) is 3. The van der Waals surface area contributed by atoms with Gasteiger partial charge in [0.05, 0.1) is 10.5 Å². The van der Waals surface area contributed by atoms with Gasteiger partial charge in [0.15, 0.2) is 0 Å². The van der Waals surface area contributed by atoms with Crippen molar-refractivity contribution in [2.75, 3.05) is 13.1 Å². The summed E-state index contributed by atoms with van der Waals surface area (Å²) in [5.41, 5.74) is 2.88. The maximum atomic E-state index is 14.9. The molecule has 0 fully saturated rings. The van der Waals surface area contributed by atoms with Gasteiger partial charge in [0, 0.05) is 30.6 Å². The third-order valence-corrected chi connectivity index (χ3v) is 11.0. The first-order chi connectivity index (χ1) is 25.8. The second-order valence-corrected chi connectivity index (χ2v) is 14.7. The van der Waals surface area contributed by atoms with Gasteiger partial charge >= 0.3 is 6.09 Å². The van der Waals surface area contributed by atoms with Crippen LogP contribution in [-0.2, 0) is 33.8 Å². The molecule has 290 valence electrons. The van der Waals surface area contributed by atoms with Crippen LogP contribution in [0.2, 0.25) is 5.02 Å². The smallest absolute Gasteiger partial charge is 0.408 e. The Morgan fingerprint density at radius 3 is 2.39 bits per heavy atom. The van der Waals surface area contributed by atoms with Crippen LogP contribution in [0.4, 0.5) is 4.79 Å². The quantitative estimate of drug-likeness (QED) is 0.105. The fourth-order valence-corrected chi connectivity index (χ4v) is 7.29. The average molecular weight is 762 g/mol. The van der Waals surface area contributed by atoms with Crippen molar-refractivity contribution in [3.8, 4) is 0 Å². The van der Waals surface area contributed by atoms with E-state index in [0.717, 1.165) is 33.3 Å². The molecule has 1 aliphatic carbocycles. The van der Waals surface area contributed by atoms with E-state index in [9.17, 15) is 19.2 Å². The SMILES string of the molecule is CCC(C)[C@H](NC(=O)OCc1ccccc1)C(=O)N[C@]1(C(=O)N[C@H](c2nc(C(=O)N(CC)CC)no2)C(C)CC)CCc2[nH]c3c(Cl)cc(C)cc3c2C1. The summed E-state index contributed by atoms with van der Waals surface area (Å²) in [6.45, 7) is 14.4. The Bertz CT molecular complexity index is 1960. The van der Waals surface area contributed by atoms with Gasteiger partial charge in [-0.25, -0.2) is 4.79 Å². The van der Waals surface area contributed by atoms with Crippen LogP contribution in [0, 0.1) is 18.8 Å². The van der Waals surface area contributed by atoms with Crippen LogP contribution >= 0.6 is 11.6 Å². The van der Waals surface area contributed by atoms with Crippen molar-refractivity contribution in [1.29, 1.82) is 0 Å². The highest BCUT2D eigenvalue weighted by atomic mass is 35.5.